The zero-order valence-electron chi connectivity index (χ0n) is 7.10. The lowest BCUT2D eigenvalue weighted by molar-refractivity contribution is -0.106. The van der Waals surface area contributed by atoms with Crippen molar-refractivity contribution in [3.63, 3.8) is 0 Å². The van der Waals surface area contributed by atoms with Crippen LogP contribution in [0, 0.1) is 11.3 Å². The molecule has 0 unspecified atom stereocenters. The Balaban J connectivity index is 3.05. The lowest BCUT2D eigenvalue weighted by atomic mass is 10.3. The number of hydrogen-bond acceptors (Lipinski definition) is 3. The van der Waals surface area contributed by atoms with Gasteiger partial charge in [0.05, 0.1) is 5.56 Å². The Bertz CT molecular complexity index is 362. The minimum atomic E-state index is 0.523. The van der Waals surface area contributed by atoms with E-state index in [-0.39, 0.29) is 0 Å². The average molecular weight is 192 g/mol. The van der Waals surface area contributed by atoms with Gasteiger partial charge in [-0.1, -0.05) is 6.08 Å². The van der Waals surface area contributed by atoms with Gasteiger partial charge in [0.2, 0.25) is 6.41 Å². The molecule has 0 fully saturated rings. The highest BCUT2D eigenvalue weighted by molar-refractivity contribution is 7.14. The van der Waals surface area contributed by atoms with Crippen molar-refractivity contribution in [2.45, 2.75) is 6.92 Å². The van der Waals surface area contributed by atoms with Crippen LogP contribution < -0.4 is 4.90 Å². The number of carbonyl (C=O) groups excluding carboxylic acids is 1. The lowest BCUT2D eigenvalue weighted by Gasteiger charge is -2.08. The van der Waals surface area contributed by atoms with E-state index in [4.69, 9.17) is 5.26 Å². The first-order chi connectivity index (χ1) is 6.33. The Labute approximate surface area is 80.5 Å². The Morgan fingerprint density at radius 1 is 1.69 bits per heavy atom. The molecule has 0 bridgehead atoms. The third-order valence-electron chi connectivity index (χ3n) is 1.42. The number of thiophene rings is 1. The normalized spacial score (nSPS) is 9.85. The van der Waals surface area contributed by atoms with Crippen LogP contribution >= 0.6 is 11.3 Å². The Kier molecular flexibility index (Phi) is 3.23. The number of amides is 1. The Hall–Kier alpha value is -1.60. The van der Waals surface area contributed by atoms with Gasteiger partial charge in [0.15, 0.2) is 0 Å². The van der Waals surface area contributed by atoms with Crippen molar-refractivity contribution < 1.29 is 4.79 Å². The molecule has 1 rings (SSSR count). The zero-order chi connectivity index (χ0) is 9.68. The topological polar surface area (TPSA) is 44.1 Å². The summed E-state index contributed by atoms with van der Waals surface area (Å²) in [6.07, 6.45) is 4.06. The van der Waals surface area contributed by atoms with Gasteiger partial charge in [-0.15, -0.1) is 11.3 Å². The lowest BCUT2D eigenvalue weighted by Crippen LogP contribution is -2.11. The second-order valence-electron chi connectivity index (χ2n) is 2.25. The first-order valence-electron chi connectivity index (χ1n) is 3.67. The molecule has 0 atom stereocenters. The standard InChI is InChI=1S/C9H8N2OS/c1-2-4-11(7-12)9-8(6-10)3-5-13-9/h2-5,7H,1H3/b4-2-. The van der Waals surface area contributed by atoms with Crippen LogP contribution in [-0.4, -0.2) is 6.41 Å². The zero-order valence-corrected chi connectivity index (χ0v) is 7.91. The second kappa shape index (κ2) is 4.43. The van der Waals surface area contributed by atoms with Crippen LogP contribution in [-0.2, 0) is 4.79 Å². The fraction of sp³-hybridized carbons (Fsp3) is 0.111. The molecule has 0 saturated carbocycles. The average Bonchev–Trinajstić information content (AvgIpc) is 2.61. The number of rotatable bonds is 3. The van der Waals surface area contributed by atoms with E-state index in [1.807, 2.05) is 13.0 Å². The molecule has 1 heterocycles. The van der Waals surface area contributed by atoms with Crippen molar-refractivity contribution >= 4 is 22.7 Å². The van der Waals surface area contributed by atoms with Crippen LogP contribution in [0.2, 0.25) is 0 Å². The largest absolute Gasteiger partial charge is 0.281 e. The van der Waals surface area contributed by atoms with Crippen LogP contribution in [0.4, 0.5) is 5.00 Å². The Morgan fingerprint density at radius 2 is 2.46 bits per heavy atom. The number of hydrogen-bond donors (Lipinski definition) is 0. The molecule has 1 aromatic rings. The number of allylic oxidation sites excluding steroid dienone is 1. The molecule has 1 aromatic heterocycles. The fourth-order valence-corrected chi connectivity index (χ4v) is 1.70. The van der Waals surface area contributed by atoms with Gasteiger partial charge in [-0.3, -0.25) is 9.69 Å². The van der Waals surface area contributed by atoms with Gasteiger partial charge in [-0.05, 0) is 18.4 Å². The van der Waals surface area contributed by atoms with Gasteiger partial charge in [0.25, 0.3) is 0 Å². The van der Waals surface area contributed by atoms with E-state index in [0.717, 1.165) is 0 Å². The summed E-state index contributed by atoms with van der Waals surface area (Å²) in [6.45, 7) is 1.82. The maximum Gasteiger partial charge on any atom is 0.218 e. The molecule has 0 aliphatic carbocycles. The summed E-state index contributed by atoms with van der Waals surface area (Å²) >= 11 is 1.37. The molecular formula is C9H8N2OS. The number of nitriles is 1. The van der Waals surface area contributed by atoms with Gasteiger partial charge in [-0.2, -0.15) is 5.26 Å². The van der Waals surface area contributed by atoms with Crippen molar-refractivity contribution in [3.05, 3.63) is 29.3 Å². The number of anilines is 1. The van der Waals surface area contributed by atoms with Crippen LogP contribution in [0.15, 0.2) is 23.7 Å². The molecule has 0 N–H and O–H groups in total. The van der Waals surface area contributed by atoms with Crippen molar-refractivity contribution in [1.29, 1.82) is 5.26 Å². The van der Waals surface area contributed by atoms with Gasteiger partial charge < -0.3 is 0 Å². The first kappa shape index (κ1) is 9.49. The van der Waals surface area contributed by atoms with Crippen molar-refractivity contribution in [1.82, 2.24) is 0 Å². The van der Waals surface area contributed by atoms with Crippen LogP contribution in [0.25, 0.3) is 0 Å². The van der Waals surface area contributed by atoms with Crippen LogP contribution in [0.3, 0.4) is 0 Å². The predicted molar refractivity (Wildman–Crippen MR) is 52.4 cm³/mol. The summed E-state index contributed by atoms with van der Waals surface area (Å²) in [5, 5.41) is 11.2. The molecule has 13 heavy (non-hydrogen) atoms. The predicted octanol–water partition coefficient (Wildman–Crippen LogP) is 2.12. The van der Waals surface area contributed by atoms with E-state index in [1.165, 1.54) is 16.2 Å². The summed E-state index contributed by atoms with van der Waals surface area (Å²) in [4.78, 5) is 12.0. The highest BCUT2D eigenvalue weighted by Gasteiger charge is 2.08. The van der Waals surface area contributed by atoms with E-state index in [0.29, 0.717) is 17.0 Å². The molecule has 0 aliphatic rings. The van der Waals surface area contributed by atoms with E-state index in [2.05, 4.69) is 0 Å². The molecule has 0 aromatic carbocycles. The molecule has 3 nitrogen and oxygen atoms in total. The molecule has 0 aliphatic heterocycles. The maximum absolute atomic E-state index is 10.6. The third-order valence-corrected chi connectivity index (χ3v) is 2.35. The highest BCUT2D eigenvalue weighted by Crippen LogP contribution is 2.26. The minimum absolute atomic E-state index is 0.523. The van der Waals surface area contributed by atoms with E-state index >= 15 is 0 Å². The first-order valence-corrected chi connectivity index (χ1v) is 4.55. The summed E-state index contributed by atoms with van der Waals surface area (Å²) in [6, 6.07) is 3.72. The molecule has 0 radical (unpaired) electrons. The quantitative estimate of drug-likeness (QED) is 0.688. The third kappa shape index (κ3) is 1.95. The highest BCUT2D eigenvalue weighted by atomic mass is 32.1. The minimum Gasteiger partial charge on any atom is -0.281 e. The van der Waals surface area contributed by atoms with E-state index < -0.39 is 0 Å². The van der Waals surface area contributed by atoms with Gasteiger partial charge >= 0.3 is 0 Å². The van der Waals surface area contributed by atoms with Crippen LogP contribution in [0.5, 0.6) is 0 Å². The smallest absolute Gasteiger partial charge is 0.218 e. The second-order valence-corrected chi connectivity index (χ2v) is 3.14. The molecular weight excluding hydrogens is 184 g/mol. The van der Waals surface area contributed by atoms with Crippen molar-refractivity contribution in [2.75, 3.05) is 4.90 Å². The summed E-state index contributed by atoms with van der Waals surface area (Å²) in [7, 11) is 0. The Morgan fingerprint density at radius 3 is 3.00 bits per heavy atom. The molecule has 1 amide bonds. The van der Waals surface area contributed by atoms with Crippen LogP contribution in [0.1, 0.15) is 12.5 Å². The molecule has 4 heteroatoms. The van der Waals surface area contributed by atoms with Gasteiger partial charge in [-0.25, -0.2) is 0 Å². The number of carbonyl (C=O) groups is 1. The molecule has 0 saturated heterocycles. The summed E-state index contributed by atoms with van der Waals surface area (Å²) in [5.74, 6) is 0. The monoisotopic (exact) mass is 192 g/mol. The van der Waals surface area contributed by atoms with Crippen molar-refractivity contribution in [2.24, 2.45) is 0 Å². The molecule has 66 valence electrons. The summed E-state index contributed by atoms with van der Waals surface area (Å²) in [5.41, 5.74) is 0.523. The summed E-state index contributed by atoms with van der Waals surface area (Å²) < 4.78 is 0. The fourth-order valence-electron chi connectivity index (χ4n) is 0.898. The molecule has 0 spiro atoms. The van der Waals surface area contributed by atoms with Crippen molar-refractivity contribution in [3.8, 4) is 6.07 Å². The SMILES string of the molecule is C/C=C\N(C=O)c1sccc1C#N. The maximum atomic E-state index is 10.6. The van der Waals surface area contributed by atoms with E-state index in [9.17, 15) is 4.79 Å². The number of nitrogens with zero attached hydrogens (tertiary/aromatic N) is 2. The van der Waals surface area contributed by atoms with E-state index in [1.54, 1.807) is 23.7 Å². The van der Waals surface area contributed by atoms with Gasteiger partial charge in [0.1, 0.15) is 11.1 Å². The van der Waals surface area contributed by atoms with Gasteiger partial charge in [0, 0.05) is 6.20 Å².